The lowest BCUT2D eigenvalue weighted by atomic mass is 9.90. The van der Waals surface area contributed by atoms with E-state index >= 15 is 0 Å². The Labute approximate surface area is 109 Å². The van der Waals surface area contributed by atoms with E-state index < -0.39 is 35.3 Å². The molecule has 0 aromatic carbocycles. The lowest BCUT2D eigenvalue weighted by Crippen LogP contribution is -2.42. The van der Waals surface area contributed by atoms with Gasteiger partial charge in [-0.25, -0.2) is 4.79 Å². The largest absolute Gasteiger partial charge is 0.387 e. The minimum absolute atomic E-state index is 0.510. The number of nitrogens with one attached hydrogen (secondary N) is 1. The number of nitrogens with zero attached hydrogens (tertiary/aromatic N) is 1. The van der Waals surface area contributed by atoms with Crippen LogP contribution in [0.1, 0.15) is 32.9 Å². The minimum Gasteiger partial charge on any atom is -0.387 e. The summed E-state index contributed by atoms with van der Waals surface area (Å²) in [4.78, 5) is 24.8. The van der Waals surface area contributed by atoms with Crippen LogP contribution < -0.4 is 11.2 Å². The topological polar surface area (TPSA) is 105 Å². The van der Waals surface area contributed by atoms with Crippen molar-refractivity contribution in [3.63, 3.8) is 0 Å². The van der Waals surface area contributed by atoms with Gasteiger partial charge in [-0.15, -0.1) is 0 Å². The summed E-state index contributed by atoms with van der Waals surface area (Å²) in [6.07, 6.45) is -1.02. The van der Waals surface area contributed by atoms with Gasteiger partial charge in [-0.1, -0.05) is 13.8 Å². The van der Waals surface area contributed by atoms with Gasteiger partial charge in [0, 0.05) is 12.3 Å². The van der Waals surface area contributed by atoms with Crippen LogP contribution in [-0.2, 0) is 4.74 Å². The number of ether oxygens (including phenoxy) is 1. The molecule has 19 heavy (non-hydrogen) atoms. The van der Waals surface area contributed by atoms with Gasteiger partial charge >= 0.3 is 5.69 Å². The van der Waals surface area contributed by atoms with Gasteiger partial charge in [0.05, 0.1) is 5.60 Å². The van der Waals surface area contributed by atoms with Crippen LogP contribution in [0.2, 0.25) is 0 Å². The zero-order valence-electron chi connectivity index (χ0n) is 10.9. The first-order valence-corrected chi connectivity index (χ1v) is 6.30. The fourth-order valence-electron chi connectivity index (χ4n) is 2.53. The van der Waals surface area contributed by atoms with E-state index in [-0.39, 0.29) is 0 Å². The van der Waals surface area contributed by atoms with Crippen LogP contribution in [0.4, 0.5) is 0 Å². The summed E-state index contributed by atoms with van der Waals surface area (Å²) in [5, 5.41) is 20.2. The van der Waals surface area contributed by atoms with Gasteiger partial charge in [-0.05, 0) is 12.8 Å². The molecule has 3 N–H and O–H groups in total. The Balaban J connectivity index is 2.42. The molecule has 2 heterocycles. The molecule has 1 unspecified atom stereocenters. The molecule has 0 radical (unpaired) electrons. The van der Waals surface area contributed by atoms with Crippen LogP contribution in [0, 0.1) is 0 Å². The van der Waals surface area contributed by atoms with Crippen molar-refractivity contribution < 1.29 is 14.9 Å². The van der Waals surface area contributed by atoms with Crippen molar-refractivity contribution in [2.45, 2.75) is 50.7 Å². The van der Waals surface area contributed by atoms with Crippen molar-refractivity contribution in [1.29, 1.82) is 0 Å². The maximum Gasteiger partial charge on any atom is 0.330 e. The monoisotopic (exact) mass is 270 g/mol. The molecule has 1 aromatic rings. The molecule has 1 aromatic heterocycles. The molecule has 1 fully saturated rings. The molecular formula is C12H18N2O5. The van der Waals surface area contributed by atoms with Gasteiger partial charge < -0.3 is 14.9 Å². The third-order valence-corrected chi connectivity index (χ3v) is 3.83. The number of H-pyrrole nitrogens is 1. The number of rotatable bonds is 3. The van der Waals surface area contributed by atoms with Crippen LogP contribution >= 0.6 is 0 Å². The highest BCUT2D eigenvalue weighted by Gasteiger charge is 2.52. The zero-order valence-corrected chi connectivity index (χ0v) is 10.9. The number of hydrogen-bond donors (Lipinski definition) is 3. The first-order chi connectivity index (χ1) is 8.95. The Bertz CT molecular complexity index is 560. The van der Waals surface area contributed by atoms with Crippen molar-refractivity contribution in [1.82, 2.24) is 9.55 Å². The smallest absolute Gasteiger partial charge is 0.330 e. The predicted octanol–water partition coefficient (Wildman–Crippen LogP) is -0.654. The molecule has 1 aliphatic heterocycles. The summed E-state index contributed by atoms with van der Waals surface area (Å²) in [7, 11) is 0. The highest BCUT2D eigenvalue weighted by molar-refractivity contribution is 5.00. The van der Waals surface area contributed by atoms with Crippen LogP contribution in [0.3, 0.4) is 0 Å². The lowest BCUT2D eigenvalue weighted by Gasteiger charge is -2.29. The highest BCUT2D eigenvalue weighted by Crippen LogP contribution is 2.40. The summed E-state index contributed by atoms with van der Waals surface area (Å²) in [6, 6.07) is 1.17. The fraction of sp³-hybridized carbons (Fsp3) is 0.667. The van der Waals surface area contributed by atoms with E-state index in [1.54, 1.807) is 0 Å². The second-order valence-corrected chi connectivity index (χ2v) is 4.73. The van der Waals surface area contributed by atoms with E-state index in [0.717, 1.165) is 4.57 Å². The Kier molecular flexibility index (Phi) is 3.62. The predicted molar refractivity (Wildman–Crippen MR) is 66.8 cm³/mol. The summed E-state index contributed by atoms with van der Waals surface area (Å²) >= 11 is 0. The molecule has 1 aliphatic rings. The number of aliphatic hydroxyl groups excluding tert-OH is 2. The van der Waals surface area contributed by atoms with Crippen molar-refractivity contribution in [2.24, 2.45) is 0 Å². The van der Waals surface area contributed by atoms with E-state index in [0.29, 0.717) is 12.8 Å². The van der Waals surface area contributed by atoms with Gasteiger partial charge in [0.1, 0.15) is 12.2 Å². The van der Waals surface area contributed by atoms with E-state index in [4.69, 9.17) is 4.74 Å². The first kappa shape index (κ1) is 14.0. The summed E-state index contributed by atoms with van der Waals surface area (Å²) in [5.74, 6) is 0. The Morgan fingerprint density at radius 3 is 2.47 bits per heavy atom. The zero-order chi connectivity index (χ0) is 14.2. The van der Waals surface area contributed by atoms with Gasteiger partial charge in [0.2, 0.25) is 0 Å². The molecule has 0 spiro atoms. The summed E-state index contributed by atoms with van der Waals surface area (Å²) in [5.41, 5.74) is -2.07. The van der Waals surface area contributed by atoms with Gasteiger partial charge in [0.25, 0.3) is 5.56 Å². The maximum atomic E-state index is 11.7. The molecule has 0 amide bonds. The molecule has 106 valence electrons. The molecule has 0 aliphatic carbocycles. The molecule has 2 rings (SSSR count). The maximum absolute atomic E-state index is 11.7. The molecule has 3 atom stereocenters. The second-order valence-electron chi connectivity index (χ2n) is 4.73. The minimum atomic E-state index is -1.22. The summed E-state index contributed by atoms with van der Waals surface area (Å²) in [6.45, 7) is 3.69. The summed E-state index contributed by atoms with van der Waals surface area (Å²) < 4.78 is 6.81. The van der Waals surface area contributed by atoms with Crippen molar-refractivity contribution in [3.05, 3.63) is 33.1 Å². The average molecular weight is 270 g/mol. The Hall–Kier alpha value is -1.44. The number of aliphatic hydroxyl groups is 2. The van der Waals surface area contributed by atoms with E-state index in [2.05, 4.69) is 4.98 Å². The van der Waals surface area contributed by atoms with Crippen LogP contribution in [0.25, 0.3) is 0 Å². The van der Waals surface area contributed by atoms with E-state index in [1.165, 1.54) is 12.3 Å². The van der Waals surface area contributed by atoms with Crippen molar-refractivity contribution in [3.8, 4) is 0 Å². The number of aromatic amines is 1. The molecule has 0 saturated carbocycles. The molecule has 7 heteroatoms. The van der Waals surface area contributed by atoms with Crippen molar-refractivity contribution >= 4 is 0 Å². The number of hydrogen-bond acceptors (Lipinski definition) is 5. The number of aromatic nitrogens is 2. The van der Waals surface area contributed by atoms with Gasteiger partial charge in [-0.3, -0.25) is 14.3 Å². The second kappa shape index (κ2) is 4.92. The standard InChI is InChI=1S/C12H18N2O5/c1-3-12(4-2)9(17)8(16)10(19-12)14-6-5-7(15)13-11(14)18/h5-6,8-10,16-17H,3-4H2,1-2H3,(H,13,15,18)/t8?,9-,10-/m1/s1. The molecule has 0 bridgehead atoms. The fourth-order valence-corrected chi connectivity index (χ4v) is 2.53. The molecule has 7 nitrogen and oxygen atoms in total. The first-order valence-electron chi connectivity index (χ1n) is 6.30. The Morgan fingerprint density at radius 2 is 2.00 bits per heavy atom. The Morgan fingerprint density at radius 1 is 1.37 bits per heavy atom. The van der Waals surface area contributed by atoms with Gasteiger partial charge in [0.15, 0.2) is 6.23 Å². The average Bonchev–Trinajstić information content (AvgIpc) is 2.64. The van der Waals surface area contributed by atoms with Crippen molar-refractivity contribution in [2.75, 3.05) is 0 Å². The van der Waals surface area contributed by atoms with E-state index in [1.807, 2.05) is 13.8 Å². The lowest BCUT2D eigenvalue weighted by molar-refractivity contribution is -0.109. The third kappa shape index (κ3) is 2.13. The highest BCUT2D eigenvalue weighted by atomic mass is 16.6. The van der Waals surface area contributed by atoms with E-state index in [9.17, 15) is 19.8 Å². The van der Waals surface area contributed by atoms with Gasteiger partial charge in [-0.2, -0.15) is 0 Å². The molecule has 1 saturated heterocycles. The quantitative estimate of drug-likeness (QED) is 0.676. The third-order valence-electron chi connectivity index (χ3n) is 3.83. The van der Waals surface area contributed by atoms with Crippen LogP contribution in [0.15, 0.2) is 21.9 Å². The normalized spacial score (nSPS) is 29.6. The van der Waals surface area contributed by atoms with Crippen LogP contribution in [-0.4, -0.2) is 37.6 Å². The molecular weight excluding hydrogens is 252 g/mol. The SMILES string of the molecule is CCC1(CC)O[C@@H](n2ccc(=O)[nH]c2=O)C(O)[C@H]1O. The van der Waals surface area contributed by atoms with Crippen LogP contribution in [0.5, 0.6) is 0 Å².